The highest BCUT2D eigenvalue weighted by Crippen LogP contribution is 2.40. The maximum atomic E-state index is 6.43. The fraction of sp³-hybridized carbons (Fsp3) is 0. The molecule has 0 unspecified atom stereocenters. The quantitative estimate of drug-likeness (QED) is 0.197. The summed E-state index contributed by atoms with van der Waals surface area (Å²) in [7, 11) is 0. The number of fused-ring (bicyclic) bond motifs is 4. The minimum absolute atomic E-state index is 0.856. The summed E-state index contributed by atoms with van der Waals surface area (Å²) < 4.78 is 6.43. The van der Waals surface area contributed by atoms with Gasteiger partial charge in [-0.1, -0.05) is 146 Å². The predicted octanol–water partition coefficient (Wildman–Crippen LogP) is 12.5. The SMILES string of the molecule is c1ccc(-c2cc(-c3ccccc3)nc(-c3cccc4oc5ccc(-c6ccc(-c7cccc8ccccc78)cc6)cc5c34)c2)cc1. The first kappa shape index (κ1) is 27.1. The van der Waals surface area contributed by atoms with Crippen LogP contribution in [0.5, 0.6) is 0 Å². The van der Waals surface area contributed by atoms with E-state index in [1.54, 1.807) is 0 Å². The van der Waals surface area contributed by atoms with Gasteiger partial charge in [0.2, 0.25) is 0 Å². The molecule has 2 aromatic heterocycles. The summed E-state index contributed by atoms with van der Waals surface area (Å²) in [5, 5.41) is 4.68. The molecule has 0 bridgehead atoms. The van der Waals surface area contributed by atoms with Crippen molar-refractivity contribution in [2.75, 3.05) is 0 Å². The van der Waals surface area contributed by atoms with Crippen molar-refractivity contribution in [2.24, 2.45) is 0 Å². The molecule has 0 saturated heterocycles. The Bertz CT molecular complexity index is 2480. The Hall–Kier alpha value is -6.25. The molecule has 0 atom stereocenters. The van der Waals surface area contributed by atoms with Gasteiger partial charge < -0.3 is 4.42 Å². The summed E-state index contributed by atoms with van der Waals surface area (Å²) in [6.45, 7) is 0. The third-order valence-electron chi connectivity index (χ3n) is 9.09. The fourth-order valence-corrected chi connectivity index (χ4v) is 6.76. The lowest BCUT2D eigenvalue weighted by Gasteiger charge is -2.11. The molecule has 220 valence electrons. The third-order valence-corrected chi connectivity index (χ3v) is 9.09. The monoisotopic (exact) mass is 599 g/mol. The van der Waals surface area contributed by atoms with Gasteiger partial charge in [0.25, 0.3) is 0 Å². The van der Waals surface area contributed by atoms with Crippen LogP contribution in [-0.2, 0) is 0 Å². The molecule has 0 radical (unpaired) electrons. The van der Waals surface area contributed by atoms with Crippen LogP contribution in [0.3, 0.4) is 0 Å². The van der Waals surface area contributed by atoms with E-state index < -0.39 is 0 Å². The minimum Gasteiger partial charge on any atom is -0.456 e. The van der Waals surface area contributed by atoms with Crippen molar-refractivity contribution in [3.8, 4) is 55.9 Å². The molecule has 0 amide bonds. The second-order valence-corrected chi connectivity index (χ2v) is 12.0. The molecular formula is C45H29NO. The normalized spacial score (nSPS) is 11.4. The zero-order chi connectivity index (χ0) is 31.2. The Morgan fingerprint density at radius 3 is 1.79 bits per heavy atom. The van der Waals surface area contributed by atoms with E-state index in [1.807, 2.05) is 6.07 Å². The number of furan rings is 1. The second-order valence-electron chi connectivity index (χ2n) is 12.0. The number of nitrogens with zero attached hydrogens (tertiary/aromatic N) is 1. The lowest BCUT2D eigenvalue weighted by atomic mass is 9.95. The lowest BCUT2D eigenvalue weighted by molar-refractivity contribution is 0.669. The Kier molecular flexibility index (Phi) is 6.50. The molecule has 2 heterocycles. The Morgan fingerprint density at radius 1 is 0.340 bits per heavy atom. The van der Waals surface area contributed by atoms with E-state index in [2.05, 4.69) is 170 Å². The van der Waals surface area contributed by atoms with Crippen molar-refractivity contribution >= 4 is 32.7 Å². The number of hydrogen-bond donors (Lipinski definition) is 0. The third kappa shape index (κ3) is 4.88. The summed E-state index contributed by atoms with van der Waals surface area (Å²) in [6.07, 6.45) is 0. The van der Waals surface area contributed by atoms with Crippen LogP contribution in [0.15, 0.2) is 180 Å². The lowest BCUT2D eigenvalue weighted by Crippen LogP contribution is -1.91. The van der Waals surface area contributed by atoms with Crippen molar-refractivity contribution in [2.45, 2.75) is 0 Å². The van der Waals surface area contributed by atoms with Crippen LogP contribution >= 0.6 is 0 Å². The van der Waals surface area contributed by atoms with Gasteiger partial charge in [0, 0.05) is 21.9 Å². The molecule has 0 N–H and O–H groups in total. The summed E-state index contributed by atoms with van der Waals surface area (Å²) >= 11 is 0. The molecule has 0 aliphatic heterocycles. The van der Waals surface area contributed by atoms with E-state index in [-0.39, 0.29) is 0 Å². The van der Waals surface area contributed by atoms with Crippen LogP contribution in [-0.4, -0.2) is 4.98 Å². The van der Waals surface area contributed by atoms with Gasteiger partial charge in [-0.15, -0.1) is 0 Å². The largest absolute Gasteiger partial charge is 0.456 e. The van der Waals surface area contributed by atoms with Crippen LogP contribution in [0, 0.1) is 0 Å². The maximum Gasteiger partial charge on any atom is 0.136 e. The summed E-state index contributed by atoms with van der Waals surface area (Å²) in [4.78, 5) is 5.23. The number of benzene rings is 7. The van der Waals surface area contributed by atoms with Crippen molar-refractivity contribution in [1.29, 1.82) is 0 Å². The topological polar surface area (TPSA) is 26.0 Å². The zero-order valence-corrected chi connectivity index (χ0v) is 25.6. The van der Waals surface area contributed by atoms with Crippen molar-refractivity contribution < 1.29 is 4.42 Å². The Morgan fingerprint density at radius 2 is 0.957 bits per heavy atom. The molecular weight excluding hydrogens is 571 g/mol. The van der Waals surface area contributed by atoms with Crippen LogP contribution in [0.1, 0.15) is 0 Å². The van der Waals surface area contributed by atoms with Crippen LogP contribution < -0.4 is 0 Å². The van der Waals surface area contributed by atoms with E-state index in [4.69, 9.17) is 9.40 Å². The summed E-state index contributed by atoms with van der Waals surface area (Å²) in [6, 6.07) is 62.0. The van der Waals surface area contributed by atoms with Crippen molar-refractivity contribution in [3.63, 3.8) is 0 Å². The second kappa shape index (κ2) is 11.3. The van der Waals surface area contributed by atoms with E-state index in [0.717, 1.165) is 61.1 Å². The smallest absolute Gasteiger partial charge is 0.136 e. The van der Waals surface area contributed by atoms with Gasteiger partial charge in [-0.2, -0.15) is 0 Å². The molecule has 0 saturated carbocycles. The maximum absolute atomic E-state index is 6.43. The predicted molar refractivity (Wildman–Crippen MR) is 196 cm³/mol. The summed E-state index contributed by atoms with van der Waals surface area (Å²) in [5.41, 5.74) is 12.8. The standard InChI is InChI=1S/C45H29NO/c1-3-11-30(12-4-1)36-28-41(34-14-5-2-6-15-34)46-42(29-36)39-19-10-20-44-45(39)40-27-35(25-26-43(40)47-44)31-21-23-33(24-22-31)38-18-9-16-32-13-7-8-17-37(32)38/h1-29H. The molecule has 0 spiro atoms. The molecule has 47 heavy (non-hydrogen) atoms. The molecule has 2 nitrogen and oxygen atoms in total. The number of hydrogen-bond acceptors (Lipinski definition) is 2. The molecule has 0 fully saturated rings. The number of pyridine rings is 1. The average Bonchev–Trinajstić information content (AvgIpc) is 3.53. The average molecular weight is 600 g/mol. The van der Waals surface area contributed by atoms with Gasteiger partial charge in [-0.3, -0.25) is 0 Å². The molecule has 7 aromatic carbocycles. The molecule has 0 aliphatic carbocycles. The van der Waals surface area contributed by atoms with Crippen LogP contribution in [0.25, 0.3) is 88.6 Å². The number of aromatic nitrogens is 1. The van der Waals surface area contributed by atoms with Gasteiger partial charge in [-0.25, -0.2) is 4.98 Å². The van der Waals surface area contributed by atoms with Gasteiger partial charge in [0.15, 0.2) is 0 Å². The molecule has 9 aromatic rings. The minimum atomic E-state index is 0.856. The fourth-order valence-electron chi connectivity index (χ4n) is 6.76. The van der Waals surface area contributed by atoms with Gasteiger partial charge in [0.05, 0.1) is 11.4 Å². The van der Waals surface area contributed by atoms with Crippen molar-refractivity contribution in [3.05, 3.63) is 176 Å². The van der Waals surface area contributed by atoms with E-state index in [1.165, 1.54) is 27.5 Å². The highest BCUT2D eigenvalue weighted by atomic mass is 16.3. The van der Waals surface area contributed by atoms with Crippen LogP contribution in [0.4, 0.5) is 0 Å². The van der Waals surface area contributed by atoms with Gasteiger partial charge in [0.1, 0.15) is 11.2 Å². The Labute approximate surface area is 273 Å². The molecule has 0 aliphatic rings. The highest BCUT2D eigenvalue weighted by Gasteiger charge is 2.17. The highest BCUT2D eigenvalue weighted by molar-refractivity contribution is 6.13. The van der Waals surface area contributed by atoms with E-state index >= 15 is 0 Å². The van der Waals surface area contributed by atoms with E-state index in [9.17, 15) is 0 Å². The van der Waals surface area contributed by atoms with Gasteiger partial charge in [-0.05, 0) is 74.5 Å². The zero-order valence-electron chi connectivity index (χ0n) is 25.6. The van der Waals surface area contributed by atoms with Gasteiger partial charge >= 0.3 is 0 Å². The van der Waals surface area contributed by atoms with Crippen LogP contribution in [0.2, 0.25) is 0 Å². The number of rotatable bonds is 5. The first-order valence-electron chi connectivity index (χ1n) is 16.0. The Balaban J connectivity index is 1.18. The summed E-state index contributed by atoms with van der Waals surface area (Å²) in [5.74, 6) is 0. The first-order chi connectivity index (χ1) is 23.3. The van der Waals surface area contributed by atoms with E-state index in [0.29, 0.717) is 0 Å². The van der Waals surface area contributed by atoms with Crippen molar-refractivity contribution in [1.82, 2.24) is 4.98 Å². The molecule has 9 rings (SSSR count). The molecule has 2 heteroatoms. The first-order valence-corrected chi connectivity index (χ1v) is 16.0.